The first kappa shape index (κ1) is 20.2. The number of halogens is 4. The van der Waals surface area contributed by atoms with Gasteiger partial charge in [-0.05, 0) is 12.1 Å². The number of hydrogen-bond donors (Lipinski definition) is 1. The Morgan fingerprint density at radius 2 is 1.77 bits per heavy atom. The van der Waals surface area contributed by atoms with Crippen molar-refractivity contribution in [2.45, 2.75) is 17.1 Å². The fourth-order valence-electron chi connectivity index (χ4n) is 1.95. The predicted molar refractivity (Wildman–Crippen MR) is 85.7 cm³/mol. The molecule has 0 aliphatic carbocycles. The third-order valence-corrected chi connectivity index (χ3v) is 4.93. The Bertz CT molecular complexity index is 884. The molecule has 0 radical (unpaired) electrons. The van der Waals surface area contributed by atoms with Crippen LogP contribution in [0, 0.1) is 0 Å². The average Bonchev–Trinajstić information content (AvgIpc) is 2.61. The van der Waals surface area contributed by atoms with E-state index in [2.05, 4.69) is 10.2 Å². The molecule has 0 fully saturated rings. The molecule has 0 amide bonds. The Kier molecular flexibility index (Phi) is 5.94. The number of rotatable bonds is 7. The summed E-state index contributed by atoms with van der Waals surface area (Å²) in [5.41, 5.74) is -0.631. The van der Waals surface area contributed by atoms with Gasteiger partial charge in [-0.25, -0.2) is 21.6 Å². The van der Waals surface area contributed by atoms with Gasteiger partial charge in [-0.2, -0.15) is 4.72 Å². The fraction of sp³-hybridized carbons (Fsp3) is 0.286. The lowest BCUT2D eigenvalue weighted by molar-refractivity contribution is -0.0474. The molecule has 1 aromatic heterocycles. The smallest absolute Gasteiger partial charge is 0.290 e. The summed E-state index contributed by atoms with van der Waals surface area (Å²) in [4.78, 5) is -0.719. The number of ether oxygens (including phenoxy) is 2. The first-order valence-corrected chi connectivity index (χ1v) is 8.73. The first-order chi connectivity index (χ1) is 12.1. The van der Waals surface area contributed by atoms with Crippen LogP contribution < -0.4 is 14.2 Å². The van der Waals surface area contributed by atoms with Gasteiger partial charge in [-0.3, -0.25) is 0 Å². The summed E-state index contributed by atoms with van der Waals surface area (Å²) in [5.74, 6) is -4.48. The number of alkyl halides is 3. The van der Waals surface area contributed by atoms with Gasteiger partial charge in [0.05, 0.1) is 14.2 Å². The van der Waals surface area contributed by atoms with Crippen LogP contribution in [0.4, 0.5) is 13.2 Å². The molecule has 1 atom stereocenters. The van der Waals surface area contributed by atoms with Crippen LogP contribution in [0.1, 0.15) is 5.56 Å². The van der Waals surface area contributed by atoms with Gasteiger partial charge < -0.3 is 9.47 Å². The standard InChI is InChI=1S/C14H13ClF3N3O4S/c1-24-11-7-10(12(25-2)20-19-11)26(22,23)21-14(18,13(16)17)8-3-5-9(15)6-4-8/h3-7,13,21H,1-2H3. The van der Waals surface area contributed by atoms with E-state index in [0.29, 0.717) is 0 Å². The molecular formula is C14H13ClF3N3O4S. The van der Waals surface area contributed by atoms with E-state index in [1.54, 1.807) is 0 Å². The molecular weight excluding hydrogens is 399 g/mol. The predicted octanol–water partition coefficient (Wildman–Crippen LogP) is 2.51. The number of aromatic nitrogens is 2. The minimum absolute atomic E-state index is 0.165. The van der Waals surface area contributed by atoms with Gasteiger partial charge in [0, 0.05) is 16.7 Å². The van der Waals surface area contributed by atoms with Crippen molar-refractivity contribution < 1.29 is 31.1 Å². The van der Waals surface area contributed by atoms with E-state index in [4.69, 9.17) is 21.1 Å². The monoisotopic (exact) mass is 411 g/mol. The number of methoxy groups -OCH3 is 2. The van der Waals surface area contributed by atoms with Crippen LogP contribution in [0.2, 0.25) is 5.02 Å². The van der Waals surface area contributed by atoms with Crippen LogP contribution in [-0.4, -0.2) is 39.3 Å². The second kappa shape index (κ2) is 7.64. The highest BCUT2D eigenvalue weighted by Gasteiger charge is 2.47. The Morgan fingerprint density at radius 1 is 1.15 bits per heavy atom. The van der Waals surface area contributed by atoms with Crippen molar-refractivity contribution in [1.29, 1.82) is 0 Å². The molecule has 142 valence electrons. The molecule has 0 saturated carbocycles. The molecule has 0 aliphatic rings. The van der Waals surface area contributed by atoms with Crippen molar-refractivity contribution in [3.63, 3.8) is 0 Å². The van der Waals surface area contributed by atoms with Gasteiger partial charge in [0.1, 0.15) is 0 Å². The lowest BCUT2D eigenvalue weighted by Gasteiger charge is -2.26. The number of nitrogens with one attached hydrogen (secondary N) is 1. The maximum Gasteiger partial charge on any atom is 0.290 e. The topological polar surface area (TPSA) is 90.4 Å². The van der Waals surface area contributed by atoms with Gasteiger partial charge in [-0.15, -0.1) is 10.2 Å². The molecule has 12 heteroatoms. The summed E-state index contributed by atoms with van der Waals surface area (Å²) in [6.45, 7) is 0. The molecule has 1 unspecified atom stereocenters. The van der Waals surface area contributed by atoms with Crippen molar-refractivity contribution in [3.05, 3.63) is 40.9 Å². The van der Waals surface area contributed by atoms with Gasteiger partial charge in [0.15, 0.2) is 4.90 Å². The highest BCUT2D eigenvalue weighted by atomic mass is 35.5. The van der Waals surface area contributed by atoms with Gasteiger partial charge >= 0.3 is 0 Å². The fourth-order valence-corrected chi connectivity index (χ4v) is 3.40. The molecule has 26 heavy (non-hydrogen) atoms. The molecule has 0 spiro atoms. The van der Waals surface area contributed by atoms with Crippen LogP contribution in [0.3, 0.4) is 0 Å². The second-order valence-electron chi connectivity index (χ2n) is 4.89. The Hall–Kier alpha value is -2.11. The van der Waals surface area contributed by atoms with Crippen LogP contribution in [0.15, 0.2) is 35.2 Å². The zero-order valence-corrected chi connectivity index (χ0v) is 15.0. The van der Waals surface area contributed by atoms with E-state index >= 15 is 0 Å². The Morgan fingerprint density at radius 3 is 2.27 bits per heavy atom. The van der Waals surface area contributed by atoms with Crippen LogP contribution >= 0.6 is 11.6 Å². The molecule has 2 rings (SSSR count). The quantitative estimate of drug-likeness (QED) is 0.704. The van der Waals surface area contributed by atoms with Crippen LogP contribution in [-0.2, 0) is 15.8 Å². The molecule has 1 heterocycles. The van der Waals surface area contributed by atoms with Crippen molar-refractivity contribution in [2.75, 3.05) is 14.2 Å². The van der Waals surface area contributed by atoms with E-state index in [9.17, 15) is 21.6 Å². The number of benzene rings is 1. The van der Waals surface area contributed by atoms with E-state index in [0.717, 1.165) is 37.4 Å². The summed E-state index contributed by atoms with van der Waals surface area (Å²) < 4.78 is 77.7. The minimum Gasteiger partial charge on any atom is -0.480 e. The Labute approximate surface area is 152 Å². The molecule has 1 aromatic carbocycles. The lowest BCUT2D eigenvalue weighted by Crippen LogP contribution is -2.47. The van der Waals surface area contributed by atoms with Crippen molar-refractivity contribution in [1.82, 2.24) is 14.9 Å². The number of nitrogens with zero attached hydrogens (tertiary/aromatic N) is 2. The summed E-state index contributed by atoms with van der Waals surface area (Å²) >= 11 is 5.65. The summed E-state index contributed by atoms with van der Waals surface area (Å²) in [5, 5.41) is 7.11. The van der Waals surface area contributed by atoms with Gasteiger partial charge in [0.25, 0.3) is 18.1 Å². The molecule has 0 bridgehead atoms. The van der Waals surface area contributed by atoms with Crippen molar-refractivity contribution >= 4 is 21.6 Å². The lowest BCUT2D eigenvalue weighted by atomic mass is 10.1. The number of sulfonamides is 1. The van der Waals surface area contributed by atoms with E-state index < -0.39 is 38.6 Å². The summed E-state index contributed by atoms with van der Waals surface area (Å²) in [6.07, 6.45) is -3.72. The molecule has 0 saturated heterocycles. The summed E-state index contributed by atoms with van der Waals surface area (Å²) in [6, 6.07) is 5.06. The normalized spacial score (nSPS) is 14.1. The van der Waals surface area contributed by atoms with Gasteiger partial charge in [-0.1, -0.05) is 23.7 Å². The van der Waals surface area contributed by atoms with E-state index in [1.165, 1.54) is 11.8 Å². The average molecular weight is 412 g/mol. The molecule has 1 N–H and O–H groups in total. The van der Waals surface area contributed by atoms with Gasteiger partial charge in [0.2, 0.25) is 15.9 Å². The second-order valence-corrected chi connectivity index (χ2v) is 6.97. The Balaban J connectivity index is 2.53. The third-order valence-electron chi connectivity index (χ3n) is 3.24. The van der Waals surface area contributed by atoms with Crippen LogP contribution in [0.5, 0.6) is 11.8 Å². The molecule has 0 aliphatic heterocycles. The first-order valence-electron chi connectivity index (χ1n) is 6.87. The number of hydrogen-bond acceptors (Lipinski definition) is 6. The summed E-state index contributed by atoms with van der Waals surface area (Å²) in [7, 11) is -2.57. The van der Waals surface area contributed by atoms with Crippen molar-refractivity contribution in [3.8, 4) is 11.8 Å². The maximum absolute atomic E-state index is 15.0. The molecule has 7 nitrogen and oxygen atoms in total. The van der Waals surface area contributed by atoms with E-state index in [1.807, 2.05) is 0 Å². The van der Waals surface area contributed by atoms with Crippen LogP contribution in [0.25, 0.3) is 0 Å². The largest absolute Gasteiger partial charge is 0.480 e. The third kappa shape index (κ3) is 4.00. The zero-order valence-electron chi connectivity index (χ0n) is 13.4. The zero-order chi connectivity index (χ0) is 19.5. The highest BCUT2D eigenvalue weighted by Crippen LogP contribution is 2.34. The maximum atomic E-state index is 15.0. The molecule has 2 aromatic rings. The highest BCUT2D eigenvalue weighted by molar-refractivity contribution is 7.89. The minimum atomic E-state index is -4.84. The van der Waals surface area contributed by atoms with Crippen molar-refractivity contribution in [2.24, 2.45) is 0 Å². The SMILES string of the molecule is COc1cc(S(=O)(=O)NC(F)(c2ccc(Cl)cc2)C(F)F)c(OC)nn1. The van der Waals surface area contributed by atoms with E-state index in [-0.39, 0.29) is 10.9 Å².